The average molecular weight is 484 g/mol. The average Bonchev–Trinajstić information content (AvgIpc) is 3.59. The lowest BCUT2D eigenvalue weighted by atomic mass is 10.2. The normalized spacial score (nSPS) is 14.6. The second-order valence-electron chi connectivity index (χ2n) is 7.86. The van der Waals surface area contributed by atoms with Gasteiger partial charge >= 0.3 is 5.76 Å². The highest BCUT2D eigenvalue weighted by atomic mass is 32.2. The largest absolute Gasteiger partial charge is 0.419 e. The summed E-state index contributed by atoms with van der Waals surface area (Å²) < 4.78 is 35.1. The maximum atomic E-state index is 12.8. The third-order valence-corrected chi connectivity index (χ3v) is 7.54. The minimum atomic E-state index is -3.63. The van der Waals surface area contributed by atoms with E-state index in [1.807, 2.05) is 0 Å². The number of anilines is 1. The molecular formula is C21H21N7O5S. The molecule has 1 saturated heterocycles. The lowest BCUT2D eigenvalue weighted by Crippen LogP contribution is -2.27. The molecule has 0 aliphatic carbocycles. The third-order valence-electron chi connectivity index (χ3n) is 5.65. The van der Waals surface area contributed by atoms with Gasteiger partial charge in [-0.15, -0.1) is 5.10 Å². The van der Waals surface area contributed by atoms with Crippen LogP contribution >= 0.6 is 0 Å². The molecule has 0 radical (unpaired) electrons. The number of benzene rings is 2. The fourth-order valence-corrected chi connectivity index (χ4v) is 5.47. The Labute approximate surface area is 193 Å². The Morgan fingerprint density at radius 2 is 1.94 bits per heavy atom. The lowest BCUT2D eigenvalue weighted by Gasteiger charge is -2.15. The summed E-state index contributed by atoms with van der Waals surface area (Å²) in [5, 5.41) is 13.8. The van der Waals surface area contributed by atoms with Crippen LogP contribution in [0, 0.1) is 0 Å². The van der Waals surface area contributed by atoms with Gasteiger partial charge in [0.05, 0.1) is 16.1 Å². The van der Waals surface area contributed by atoms with Gasteiger partial charge in [-0.05, 0) is 53.6 Å². The molecule has 0 unspecified atom stereocenters. The third kappa shape index (κ3) is 4.22. The van der Waals surface area contributed by atoms with Gasteiger partial charge in [0, 0.05) is 37.8 Å². The van der Waals surface area contributed by atoms with E-state index in [1.165, 1.54) is 38.1 Å². The fraction of sp³-hybridized carbons (Fsp3) is 0.286. The van der Waals surface area contributed by atoms with Crippen LogP contribution in [0.1, 0.15) is 19.3 Å². The molecule has 0 spiro atoms. The number of fused-ring (bicyclic) bond motifs is 1. The Bertz CT molecular complexity index is 1500. The standard InChI is InChI=1S/C21H21N7O5S/c29-20(23-15-4-3-5-16(12-15)28-14-22-24-25-28)8-11-27-18-7-6-17(13-19(18)33-21(27)30)34(31,32)26-9-1-2-10-26/h3-7,12-14H,1-2,8-11H2,(H,23,29). The van der Waals surface area contributed by atoms with Gasteiger partial charge in [0.25, 0.3) is 0 Å². The summed E-state index contributed by atoms with van der Waals surface area (Å²) in [6.07, 6.45) is 3.12. The number of hydrogen-bond donors (Lipinski definition) is 1. The molecule has 2 aromatic heterocycles. The predicted molar refractivity (Wildman–Crippen MR) is 121 cm³/mol. The van der Waals surface area contributed by atoms with Crippen LogP contribution in [0.5, 0.6) is 0 Å². The van der Waals surface area contributed by atoms with E-state index in [4.69, 9.17) is 4.42 Å². The number of carbonyl (C=O) groups excluding carboxylic acids is 1. The molecule has 0 atom stereocenters. The first-order valence-corrected chi connectivity index (χ1v) is 12.1. The molecule has 1 aliphatic heterocycles. The molecule has 1 amide bonds. The second kappa shape index (κ2) is 8.83. The quantitative estimate of drug-likeness (QED) is 0.415. The van der Waals surface area contributed by atoms with Crippen LogP contribution in [0.4, 0.5) is 5.69 Å². The minimum absolute atomic E-state index is 0.0114. The number of nitrogens with zero attached hydrogens (tertiary/aromatic N) is 6. The molecule has 34 heavy (non-hydrogen) atoms. The van der Waals surface area contributed by atoms with Crippen molar-refractivity contribution in [1.82, 2.24) is 29.1 Å². The van der Waals surface area contributed by atoms with Crippen molar-refractivity contribution in [3.05, 3.63) is 59.3 Å². The number of sulfonamides is 1. The first kappa shape index (κ1) is 22.0. The van der Waals surface area contributed by atoms with Gasteiger partial charge in [0.2, 0.25) is 15.9 Å². The molecule has 1 N–H and O–H groups in total. The van der Waals surface area contributed by atoms with Gasteiger partial charge in [0.15, 0.2) is 5.58 Å². The molecule has 4 aromatic rings. The van der Waals surface area contributed by atoms with Crippen molar-refractivity contribution in [1.29, 1.82) is 0 Å². The highest BCUT2D eigenvalue weighted by molar-refractivity contribution is 7.89. The Kier molecular flexibility index (Phi) is 5.71. The molecule has 1 fully saturated rings. The highest BCUT2D eigenvalue weighted by Crippen LogP contribution is 2.24. The van der Waals surface area contributed by atoms with E-state index in [0.717, 1.165) is 12.8 Å². The van der Waals surface area contributed by atoms with Crippen LogP contribution in [0.3, 0.4) is 0 Å². The molecule has 5 rings (SSSR count). The van der Waals surface area contributed by atoms with Crippen molar-refractivity contribution in [3.63, 3.8) is 0 Å². The summed E-state index contributed by atoms with van der Waals surface area (Å²) >= 11 is 0. The number of amides is 1. The molecule has 0 bridgehead atoms. The van der Waals surface area contributed by atoms with Crippen molar-refractivity contribution >= 4 is 32.7 Å². The summed E-state index contributed by atoms with van der Waals surface area (Å²) in [5.41, 5.74) is 1.83. The van der Waals surface area contributed by atoms with Gasteiger partial charge < -0.3 is 9.73 Å². The van der Waals surface area contributed by atoms with E-state index in [0.29, 0.717) is 30.0 Å². The fourth-order valence-electron chi connectivity index (χ4n) is 3.94. The zero-order valence-electron chi connectivity index (χ0n) is 18.0. The molecule has 3 heterocycles. The van der Waals surface area contributed by atoms with Crippen molar-refractivity contribution in [2.24, 2.45) is 0 Å². The number of tetrazole rings is 1. The van der Waals surface area contributed by atoms with Crippen LogP contribution in [0.15, 0.2) is 62.9 Å². The molecule has 0 saturated carbocycles. The minimum Gasteiger partial charge on any atom is -0.408 e. The zero-order chi connectivity index (χ0) is 23.7. The van der Waals surface area contributed by atoms with E-state index >= 15 is 0 Å². The maximum Gasteiger partial charge on any atom is 0.419 e. The summed E-state index contributed by atoms with van der Waals surface area (Å²) in [6.45, 7) is 1.04. The topological polar surface area (TPSA) is 145 Å². The van der Waals surface area contributed by atoms with Crippen LogP contribution in [0.2, 0.25) is 0 Å². The Morgan fingerprint density at radius 1 is 1.12 bits per heavy atom. The number of nitrogens with one attached hydrogen (secondary N) is 1. The summed E-state index contributed by atoms with van der Waals surface area (Å²) in [7, 11) is -3.63. The Hall–Kier alpha value is -3.84. The highest BCUT2D eigenvalue weighted by Gasteiger charge is 2.28. The molecule has 1 aliphatic rings. The number of aromatic nitrogens is 5. The number of oxazole rings is 1. The van der Waals surface area contributed by atoms with Crippen LogP contribution in [-0.4, -0.2) is 56.5 Å². The van der Waals surface area contributed by atoms with E-state index in [2.05, 4.69) is 20.8 Å². The molecule has 13 heteroatoms. The number of hydrogen-bond acceptors (Lipinski definition) is 8. The monoisotopic (exact) mass is 483 g/mol. The summed E-state index contributed by atoms with van der Waals surface area (Å²) in [4.78, 5) is 25.0. The zero-order valence-corrected chi connectivity index (χ0v) is 18.8. The van der Waals surface area contributed by atoms with Crippen molar-refractivity contribution in [2.75, 3.05) is 18.4 Å². The van der Waals surface area contributed by atoms with Gasteiger partial charge in [0.1, 0.15) is 6.33 Å². The van der Waals surface area contributed by atoms with Gasteiger partial charge in [-0.2, -0.15) is 4.31 Å². The first-order valence-electron chi connectivity index (χ1n) is 10.7. The number of carbonyl (C=O) groups is 1. The van der Waals surface area contributed by atoms with Crippen LogP contribution < -0.4 is 11.1 Å². The van der Waals surface area contributed by atoms with Gasteiger partial charge in [-0.3, -0.25) is 9.36 Å². The van der Waals surface area contributed by atoms with Gasteiger partial charge in [-0.1, -0.05) is 6.07 Å². The Balaban J connectivity index is 1.30. The van der Waals surface area contributed by atoms with Crippen LogP contribution in [0.25, 0.3) is 16.8 Å². The number of aryl methyl sites for hydroxylation is 1. The smallest absolute Gasteiger partial charge is 0.408 e. The summed E-state index contributed by atoms with van der Waals surface area (Å²) in [5.74, 6) is -0.956. The van der Waals surface area contributed by atoms with Gasteiger partial charge in [-0.25, -0.2) is 17.9 Å². The van der Waals surface area contributed by atoms with Crippen LogP contribution in [-0.2, 0) is 21.4 Å². The van der Waals surface area contributed by atoms with E-state index < -0.39 is 15.8 Å². The second-order valence-corrected chi connectivity index (χ2v) is 9.80. The molecule has 176 valence electrons. The molecular weight excluding hydrogens is 462 g/mol. The Morgan fingerprint density at radius 3 is 2.71 bits per heavy atom. The summed E-state index contributed by atoms with van der Waals surface area (Å²) in [6, 6.07) is 11.4. The van der Waals surface area contributed by atoms with E-state index in [-0.39, 0.29) is 29.4 Å². The van der Waals surface area contributed by atoms with E-state index in [9.17, 15) is 18.0 Å². The molecule has 2 aromatic carbocycles. The molecule has 12 nitrogen and oxygen atoms in total. The SMILES string of the molecule is O=C(CCn1c(=O)oc2cc(S(=O)(=O)N3CCCC3)ccc21)Nc1cccc(-n2cnnn2)c1. The maximum absolute atomic E-state index is 12.8. The van der Waals surface area contributed by atoms with Crippen molar-refractivity contribution in [3.8, 4) is 5.69 Å². The predicted octanol–water partition coefficient (Wildman–Crippen LogP) is 1.38. The van der Waals surface area contributed by atoms with E-state index in [1.54, 1.807) is 24.3 Å². The van der Waals surface area contributed by atoms with Crippen molar-refractivity contribution in [2.45, 2.75) is 30.7 Å². The van der Waals surface area contributed by atoms with Crippen molar-refractivity contribution < 1.29 is 17.6 Å². The number of rotatable bonds is 7. The lowest BCUT2D eigenvalue weighted by molar-refractivity contribution is -0.116. The first-order chi connectivity index (χ1) is 16.4.